The molecule has 0 radical (unpaired) electrons. The highest BCUT2D eigenvalue weighted by atomic mass is 32.2. The number of hydrogen-bond acceptors (Lipinski definition) is 4. The van der Waals surface area contributed by atoms with Gasteiger partial charge in [0.1, 0.15) is 9.84 Å². The highest BCUT2D eigenvalue weighted by Gasteiger charge is 2.27. The third kappa shape index (κ3) is 6.86. The molecule has 0 aromatic carbocycles. The highest BCUT2D eigenvalue weighted by Crippen LogP contribution is 2.22. The van der Waals surface area contributed by atoms with Crippen molar-refractivity contribution in [3.8, 4) is 0 Å². The van der Waals surface area contributed by atoms with E-state index in [-0.39, 0.29) is 22.8 Å². The summed E-state index contributed by atoms with van der Waals surface area (Å²) < 4.78 is 34.8. The smallest absolute Gasteiger partial charge is 0.148 e. The lowest BCUT2D eigenvalue weighted by Gasteiger charge is -2.29. The predicted molar refractivity (Wildman–Crippen MR) is 81.7 cm³/mol. The van der Waals surface area contributed by atoms with Gasteiger partial charge in [-0.2, -0.15) is 0 Å². The van der Waals surface area contributed by atoms with Gasteiger partial charge in [0.15, 0.2) is 0 Å². The molecule has 0 aromatic heterocycles. The zero-order valence-corrected chi connectivity index (χ0v) is 13.7. The summed E-state index contributed by atoms with van der Waals surface area (Å²) in [6, 6.07) is 0.283. The number of rotatable bonds is 6. The number of hydrogen-bond donors (Lipinski definition) is 1. The van der Waals surface area contributed by atoms with Gasteiger partial charge in [0.25, 0.3) is 0 Å². The summed E-state index contributed by atoms with van der Waals surface area (Å²) in [6.07, 6.45) is 7.97. The average molecular weight is 309 g/mol. The van der Waals surface area contributed by atoms with Crippen LogP contribution in [0, 0.1) is 0 Å². The van der Waals surface area contributed by atoms with Gasteiger partial charge in [-0.05, 0) is 19.4 Å². The van der Waals surface area contributed by atoms with E-state index in [4.69, 9.17) is 0 Å². The normalized spacial score (nSPS) is 27.5. The van der Waals surface area contributed by atoms with E-state index in [0.29, 0.717) is 0 Å². The van der Waals surface area contributed by atoms with Crippen LogP contribution in [0.5, 0.6) is 0 Å². The second-order valence-electron chi connectivity index (χ2n) is 5.41. The van der Waals surface area contributed by atoms with Crippen LogP contribution in [0.2, 0.25) is 0 Å². The van der Waals surface area contributed by atoms with Crippen molar-refractivity contribution in [3.05, 3.63) is 0 Å². The van der Waals surface area contributed by atoms with Crippen LogP contribution in [0.4, 0.5) is 0 Å². The SMILES string of the molecule is CCNC1CCCCCCC1S(=O)CCS(C)(=O)=O. The van der Waals surface area contributed by atoms with Crippen molar-refractivity contribution in [2.75, 3.05) is 24.3 Å². The van der Waals surface area contributed by atoms with Crippen LogP contribution in [0.25, 0.3) is 0 Å². The molecule has 1 N–H and O–H groups in total. The monoisotopic (exact) mass is 309 g/mol. The Hall–Kier alpha value is 0.0600. The average Bonchev–Trinajstić information content (AvgIpc) is 2.29. The summed E-state index contributed by atoms with van der Waals surface area (Å²) in [6.45, 7) is 2.94. The minimum absolute atomic E-state index is 0.0367. The molecule has 1 rings (SSSR count). The topological polar surface area (TPSA) is 63.2 Å². The summed E-state index contributed by atoms with van der Waals surface area (Å²) in [5.74, 6) is 0.320. The van der Waals surface area contributed by atoms with Crippen molar-refractivity contribution in [1.29, 1.82) is 0 Å². The number of sulfone groups is 1. The highest BCUT2D eigenvalue weighted by molar-refractivity contribution is 7.92. The zero-order chi connectivity index (χ0) is 14.3. The molecule has 1 fully saturated rings. The van der Waals surface area contributed by atoms with Crippen LogP contribution in [0.3, 0.4) is 0 Å². The molecule has 0 bridgehead atoms. The molecule has 1 aliphatic carbocycles. The summed E-state index contributed by atoms with van der Waals surface area (Å²) in [5.41, 5.74) is 0. The molecule has 3 atom stereocenters. The molecule has 1 saturated carbocycles. The van der Waals surface area contributed by atoms with Gasteiger partial charge >= 0.3 is 0 Å². The first kappa shape index (κ1) is 17.1. The molecule has 0 saturated heterocycles. The zero-order valence-electron chi connectivity index (χ0n) is 12.1. The molecule has 19 heavy (non-hydrogen) atoms. The largest absolute Gasteiger partial charge is 0.313 e. The quantitative estimate of drug-likeness (QED) is 0.807. The van der Waals surface area contributed by atoms with Gasteiger partial charge in [0, 0.05) is 28.9 Å². The van der Waals surface area contributed by atoms with Crippen molar-refractivity contribution in [3.63, 3.8) is 0 Å². The molecule has 114 valence electrons. The van der Waals surface area contributed by atoms with Gasteiger partial charge < -0.3 is 5.32 Å². The molecule has 1 aliphatic rings. The summed E-state index contributed by atoms with van der Waals surface area (Å²) in [7, 11) is -4.06. The Balaban J connectivity index is 2.63. The van der Waals surface area contributed by atoms with Crippen LogP contribution in [-0.2, 0) is 20.6 Å². The first-order valence-electron chi connectivity index (χ1n) is 7.22. The molecular weight excluding hydrogens is 282 g/mol. The van der Waals surface area contributed by atoms with Crippen LogP contribution in [0.15, 0.2) is 0 Å². The van der Waals surface area contributed by atoms with Crippen molar-refractivity contribution in [2.45, 2.75) is 56.7 Å². The van der Waals surface area contributed by atoms with Gasteiger partial charge in [-0.15, -0.1) is 0 Å². The Bertz CT molecular complexity index is 381. The van der Waals surface area contributed by atoms with E-state index < -0.39 is 20.6 Å². The molecule has 4 nitrogen and oxygen atoms in total. The van der Waals surface area contributed by atoms with Crippen molar-refractivity contribution in [2.24, 2.45) is 0 Å². The summed E-state index contributed by atoms with van der Waals surface area (Å²) in [4.78, 5) is 0. The lowest BCUT2D eigenvalue weighted by atomic mass is 9.96. The molecule has 0 aliphatic heterocycles. The second kappa shape index (κ2) is 8.37. The minimum Gasteiger partial charge on any atom is -0.313 e. The van der Waals surface area contributed by atoms with Crippen LogP contribution < -0.4 is 5.32 Å². The molecular formula is C13H27NO3S2. The molecule has 3 unspecified atom stereocenters. The van der Waals surface area contributed by atoms with Gasteiger partial charge in [-0.1, -0.05) is 32.6 Å². The lowest BCUT2D eigenvalue weighted by molar-refractivity contribution is 0.401. The third-order valence-electron chi connectivity index (χ3n) is 3.66. The Morgan fingerprint density at radius 1 is 1.16 bits per heavy atom. The fraction of sp³-hybridized carbons (Fsp3) is 1.00. The van der Waals surface area contributed by atoms with E-state index in [1.165, 1.54) is 25.5 Å². The van der Waals surface area contributed by atoms with Crippen LogP contribution in [-0.4, -0.2) is 48.2 Å². The second-order valence-corrected chi connectivity index (χ2v) is 9.44. The molecule has 6 heteroatoms. The number of nitrogens with one attached hydrogen (secondary N) is 1. The van der Waals surface area contributed by atoms with E-state index in [1.54, 1.807) is 0 Å². The van der Waals surface area contributed by atoms with Crippen molar-refractivity contribution < 1.29 is 12.6 Å². The van der Waals surface area contributed by atoms with E-state index in [9.17, 15) is 12.6 Å². The maximum absolute atomic E-state index is 12.4. The first-order valence-corrected chi connectivity index (χ1v) is 10.7. The Morgan fingerprint density at radius 3 is 2.37 bits per heavy atom. The van der Waals surface area contributed by atoms with Gasteiger partial charge in [-0.25, -0.2) is 8.42 Å². The van der Waals surface area contributed by atoms with Crippen LogP contribution in [0.1, 0.15) is 45.4 Å². The fourth-order valence-electron chi connectivity index (χ4n) is 2.65. The molecule has 0 heterocycles. The van der Waals surface area contributed by atoms with Crippen LogP contribution >= 0.6 is 0 Å². The maximum Gasteiger partial charge on any atom is 0.148 e. The fourth-order valence-corrected chi connectivity index (χ4v) is 5.84. The molecule has 0 amide bonds. The van der Waals surface area contributed by atoms with E-state index in [1.807, 2.05) is 0 Å². The summed E-state index contributed by atoms with van der Waals surface area (Å²) >= 11 is 0. The van der Waals surface area contributed by atoms with Gasteiger partial charge in [0.05, 0.1) is 11.0 Å². The Morgan fingerprint density at radius 2 is 1.79 bits per heavy atom. The van der Waals surface area contributed by atoms with Crippen molar-refractivity contribution in [1.82, 2.24) is 5.32 Å². The van der Waals surface area contributed by atoms with E-state index in [2.05, 4.69) is 12.2 Å². The lowest BCUT2D eigenvalue weighted by Crippen LogP contribution is -2.43. The third-order valence-corrected chi connectivity index (χ3v) is 6.71. The van der Waals surface area contributed by atoms with Gasteiger partial charge in [-0.3, -0.25) is 4.21 Å². The van der Waals surface area contributed by atoms with E-state index >= 15 is 0 Å². The molecule has 0 spiro atoms. The van der Waals surface area contributed by atoms with E-state index in [0.717, 1.165) is 25.8 Å². The molecule has 0 aromatic rings. The van der Waals surface area contributed by atoms with Gasteiger partial charge in [0.2, 0.25) is 0 Å². The first-order chi connectivity index (χ1) is 8.94. The predicted octanol–water partition coefficient (Wildman–Crippen LogP) is 1.48. The Labute approximate surface area is 120 Å². The summed E-state index contributed by atoms with van der Waals surface area (Å²) in [5, 5.41) is 3.55. The Kier molecular flexibility index (Phi) is 7.54. The standard InChI is InChI=1S/C13H27NO3S2/c1-3-14-12-8-6-4-5-7-9-13(12)18(15)10-11-19(2,16)17/h12-14H,3-11H2,1-2H3. The van der Waals surface area contributed by atoms with Crippen molar-refractivity contribution >= 4 is 20.6 Å². The maximum atomic E-state index is 12.4. The minimum atomic E-state index is -3.02.